The van der Waals surface area contributed by atoms with Crippen LogP contribution in [0.2, 0.25) is 5.15 Å². The molecule has 0 saturated heterocycles. The molecule has 3 aromatic heterocycles. The predicted octanol–water partition coefficient (Wildman–Crippen LogP) is 2.90. The number of methoxy groups -OCH3 is 1. The zero-order chi connectivity index (χ0) is 16.7. The fourth-order valence-electron chi connectivity index (χ4n) is 2.27. The molecular weight excluding hydrogens is 318 g/mol. The minimum Gasteiger partial charge on any atom is -0.481 e. The fraction of sp³-hybridized carbons (Fsp3) is 0.267. The van der Waals surface area contributed by atoms with Gasteiger partial charge in [-0.05, 0) is 13.0 Å². The molecule has 0 atom stereocenters. The topological polar surface area (TPSA) is 90.3 Å². The smallest absolute Gasteiger partial charge is 0.228 e. The SMILES string of the molecule is COc1cc2cc(-c3c(N)nc(N(C)C)nc3Cl)oc2c(C)n1. The molecule has 3 aromatic rings. The number of furan rings is 1. The van der Waals surface area contributed by atoms with Crippen LogP contribution in [-0.2, 0) is 0 Å². The first-order valence-corrected chi connectivity index (χ1v) is 7.24. The van der Waals surface area contributed by atoms with Gasteiger partial charge < -0.3 is 19.8 Å². The van der Waals surface area contributed by atoms with Crippen LogP contribution in [0.4, 0.5) is 11.8 Å². The molecule has 0 amide bonds. The van der Waals surface area contributed by atoms with Gasteiger partial charge in [-0.3, -0.25) is 0 Å². The lowest BCUT2D eigenvalue weighted by atomic mass is 10.2. The van der Waals surface area contributed by atoms with Gasteiger partial charge in [0.15, 0.2) is 5.58 Å². The number of hydrogen-bond donors (Lipinski definition) is 1. The van der Waals surface area contributed by atoms with Crippen molar-refractivity contribution < 1.29 is 9.15 Å². The summed E-state index contributed by atoms with van der Waals surface area (Å²) in [6.07, 6.45) is 0. The van der Waals surface area contributed by atoms with E-state index in [-0.39, 0.29) is 11.0 Å². The van der Waals surface area contributed by atoms with Crippen LogP contribution in [0.1, 0.15) is 5.69 Å². The Morgan fingerprint density at radius 3 is 2.57 bits per heavy atom. The first kappa shape index (κ1) is 15.4. The van der Waals surface area contributed by atoms with Gasteiger partial charge in [-0.1, -0.05) is 11.6 Å². The number of fused-ring (bicyclic) bond motifs is 1. The van der Waals surface area contributed by atoms with E-state index in [1.807, 2.05) is 27.1 Å². The van der Waals surface area contributed by atoms with E-state index in [1.165, 1.54) is 0 Å². The van der Waals surface area contributed by atoms with Gasteiger partial charge in [0.2, 0.25) is 11.8 Å². The van der Waals surface area contributed by atoms with Crippen molar-refractivity contribution in [2.75, 3.05) is 31.8 Å². The Labute approximate surface area is 138 Å². The Balaban J connectivity index is 2.19. The second kappa shape index (κ2) is 5.58. The molecule has 0 aliphatic heterocycles. The van der Waals surface area contributed by atoms with Crippen LogP contribution >= 0.6 is 11.6 Å². The molecule has 0 aromatic carbocycles. The van der Waals surface area contributed by atoms with Crippen molar-refractivity contribution >= 4 is 34.3 Å². The number of aryl methyl sites for hydroxylation is 1. The summed E-state index contributed by atoms with van der Waals surface area (Å²) in [6.45, 7) is 1.84. The Morgan fingerprint density at radius 1 is 1.22 bits per heavy atom. The summed E-state index contributed by atoms with van der Waals surface area (Å²) >= 11 is 6.28. The normalized spacial score (nSPS) is 11.0. The molecule has 2 N–H and O–H groups in total. The number of nitrogens with zero attached hydrogens (tertiary/aromatic N) is 4. The zero-order valence-electron chi connectivity index (χ0n) is 13.2. The summed E-state index contributed by atoms with van der Waals surface area (Å²) < 4.78 is 11.0. The third-order valence-corrected chi connectivity index (χ3v) is 3.66. The first-order chi connectivity index (χ1) is 10.9. The zero-order valence-corrected chi connectivity index (χ0v) is 14.0. The molecule has 0 radical (unpaired) electrons. The molecule has 3 rings (SSSR count). The molecule has 0 aliphatic carbocycles. The van der Waals surface area contributed by atoms with Crippen molar-refractivity contribution in [2.24, 2.45) is 0 Å². The number of rotatable bonds is 3. The highest BCUT2D eigenvalue weighted by molar-refractivity contribution is 6.32. The number of hydrogen-bond acceptors (Lipinski definition) is 7. The summed E-state index contributed by atoms with van der Waals surface area (Å²) in [6, 6.07) is 3.61. The van der Waals surface area contributed by atoms with Gasteiger partial charge in [0.05, 0.1) is 18.4 Å². The summed E-state index contributed by atoms with van der Waals surface area (Å²) in [5.74, 6) is 1.70. The number of aromatic nitrogens is 3. The van der Waals surface area contributed by atoms with Crippen molar-refractivity contribution in [3.05, 3.63) is 23.0 Å². The Bertz CT molecular complexity index is 868. The van der Waals surface area contributed by atoms with Gasteiger partial charge >= 0.3 is 0 Å². The lowest BCUT2D eigenvalue weighted by Crippen LogP contribution is -2.14. The van der Waals surface area contributed by atoms with Gasteiger partial charge in [0.1, 0.15) is 16.7 Å². The Hall–Kier alpha value is -2.54. The maximum absolute atomic E-state index is 6.28. The van der Waals surface area contributed by atoms with Crippen molar-refractivity contribution in [3.8, 4) is 17.2 Å². The Morgan fingerprint density at radius 2 is 1.96 bits per heavy atom. The van der Waals surface area contributed by atoms with E-state index in [2.05, 4.69) is 15.0 Å². The molecule has 7 nitrogen and oxygen atoms in total. The monoisotopic (exact) mass is 333 g/mol. The Kier molecular flexibility index (Phi) is 3.73. The van der Waals surface area contributed by atoms with Crippen molar-refractivity contribution in [3.63, 3.8) is 0 Å². The predicted molar refractivity (Wildman–Crippen MR) is 90.1 cm³/mol. The van der Waals surface area contributed by atoms with Crippen LogP contribution in [0.5, 0.6) is 5.88 Å². The quantitative estimate of drug-likeness (QED) is 0.737. The van der Waals surface area contributed by atoms with Gasteiger partial charge in [-0.25, -0.2) is 9.97 Å². The summed E-state index contributed by atoms with van der Waals surface area (Å²) in [4.78, 5) is 14.5. The number of halogens is 1. The molecule has 120 valence electrons. The molecule has 0 bridgehead atoms. The number of ether oxygens (including phenoxy) is 1. The van der Waals surface area contributed by atoms with E-state index < -0.39 is 0 Å². The molecule has 0 spiro atoms. The molecule has 0 aliphatic rings. The minimum absolute atomic E-state index is 0.234. The lowest BCUT2D eigenvalue weighted by molar-refractivity contribution is 0.397. The second-order valence-corrected chi connectivity index (χ2v) is 5.61. The second-order valence-electron chi connectivity index (χ2n) is 5.25. The van der Waals surface area contributed by atoms with E-state index >= 15 is 0 Å². The largest absolute Gasteiger partial charge is 0.481 e. The number of nitrogen functional groups attached to an aromatic ring is 1. The average molecular weight is 334 g/mol. The standard InChI is InChI=1S/C15H16ClN5O2/c1-7-12-8(6-10(18-7)22-4)5-9(23-12)11-13(16)19-15(21(2)3)20-14(11)17/h5-6H,1-4H3,(H2,17,19,20). The van der Waals surface area contributed by atoms with Crippen LogP contribution < -0.4 is 15.4 Å². The fourth-order valence-corrected chi connectivity index (χ4v) is 2.54. The molecular formula is C15H16ClN5O2. The van der Waals surface area contributed by atoms with Crippen molar-refractivity contribution in [1.82, 2.24) is 15.0 Å². The highest BCUT2D eigenvalue weighted by Crippen LogP contribution is 2.37. The molecule has 3 heterocycles. The van der Waals surface area contributed by atoms with Crippen LogP contribution in [0, 0.1) is 6.92 Å². The summed E-state index contributed by atoms with van der Waals surface area (Å²) in [7, 11) is 5.19. The van der Waals surface area contributed by atoms with Crippen molar-refractivity contribution in [1.29, 1.82) is 0 Å². The third kappa shape index (κ3) is 2.63. The van der Waals surface area contributed by atoms with Crippen LogP contribution in [0.15, 0.2) is 16.5 Å². The molecule has 0 unspecified atom stereocenters. The van der Waals surface area contributed by atoms with E-state index in [9.17, 15) is 0 Å². The molecule has 0 saturated carbocycles. The van der Waals surface area contributed by atoms with E-state index in [0.29, 0.717) is 34.4 Å². The number of anilines is 2. The van der Waals surface area contributed by atoms with E-state index in [1.54, 1.807) is 18.1 Å². The molecule has 0 fully saturated rings. The highest BCUT2D eigenvalue weighted by atomic mass is 35.5. The van der Waals surface area contributed by atoms with Crippen LogP contribution in [-0.4, -0.2) is 36.2 Å². The summed E-state index contributed by atoms with van der Waals surface area (Å²) in [5, 5.41) is 1.08. The summed E-state index contributed by atoms with van der Waals surface area (Å²) in [5.41, 5.74) is 7.87. The molecule has 8 heteroatoms. The van der Waals surface area contributed by atoms with Gasteiger partial charge in [0.25, 0.3) is 0 Å². The third-order valence-electron chi connectivity index (χ3n) is 3.38. The minimum atomic E-state index is 0.234. The lowest BCUT2D eigenvalue weighted by Gasteiger charge is -2.12. The number of pyridine rings is 1. The average Bonchev–Trinajstić information content (AvgIpc) is 2.90. The van der Waals surface area contributed by atoms with Gasteiger partial charge in [0, 0.05) is 25.5 Å². The van der Waals surface area contributed by atoms with Gasteiger partial charge in [-0.15, -0.1) is 0 Å². The highest BCUT2D eigenvalue weighted by Gasteiger charge is 2.19. The van der Waals surface area contributed by atoms with Crippen LogP contribution in [0.25, 0.3) is 22.3 Å². The van der Waals surface area contributed by atoms with Crippen molar-refractivity contribution in [2.45, 2.75) is 6.92 Å². The molecule has 23 heavy (non-hydrogen) atoms. The maximum Gasteiger partial charge on any atom is 0.228 e. The number of nitrogens with two attached hydrogens (primary N) is 1. The van der Waals surface area contributed by atoms with E-state index in [4.69, 9.17) is 26.5 Å². The maximum atomic E-state index is 6.28. The van der Waals surface area contributed by atoms with E-state index in [0.717, 1.165) is 5.39 Å². The van der Waals surface area contributed by atoms with Crippen LogP contribution in [0.3, 0.4) is 0 Å². The first-order valence-electron chi connectivity index (χ1n) is 6.86. The van der Waals surface area contributed by atoms with Gasteiger partial charge in [-0.2, -0.15) is 4.98 Å².